The van der Waals surface area contributed by atoms with E-state index in [2.05, 4.69) is 15.3 Å². The first-order valence-electron chi connectivity index (χ1n) is 10.9. The van der Waals surface area contributed by atoms with E-state index in [1.807, 2.05) is 6.92 Å². The highest BCUT2D eigenvalue weighted by atomic mass is 19.1. The van der Waals surface area contributed by atoms with Crippen molar-refractivity contribution in [3.63, 3.8) is 0 Å². The van der Waals surface area contributed by atoms with E-state index in [0.29, 0.717) is 38.9 Å². The molecule has 1 saturated heterocycles. The molecule has 3 aromatic rings. The lowest BCUT2D eigenvalue weighted by Gasteiger charge is -2.32. The van der Waals surface area contributed by atoms with Crippen LogP contribution in [-0.4, -0.2) is 50.4 Å². The number of nitrogens with zero attached hydrogens (tertiary/aromatic N) is 3. The summed E-state index contributed by atoms with van der Waals surface area (Å²) in [7, 11) is 0. The van der Waals surface area contributed by atoms with E-state index >= 15 is 0 Å². The lowest BCUT2D eigenvalue weighted by Crippen LogP contribution is -2.46. The summed E-state index contributed by atoms with van der Waals surface area (Å²) in [5, 5.41) is 3.08. The standard InChI is InChI=1S/C23H24FN5O4/c1-2-9-29-19-17(21(31)27-23(29)33)12-14(13-25-19)20(30)26-15-7-10-28(11-8-15)22(32)16-5-3-4-6-18(16)24/h3-6,12-13,15H,2,7-11H2,1H3,(H,26,30)(H,27,31,33). The fraction of sp³-hybridized carbons (Fsp3) is 0.348. The largest absolute Gasteiger partial charge is 0.349 e. The number of halogens is 1. The van der Waals surface area contributed by atoms with Gasteiger partial charge < -0.3 is 10.2 Å². The maximum Gasteiger partial charge on any atom is 0.329 e. The summed E-state index contributed by atoms with van der Waals surface area (Å²) in [6, 6.07) is 7.12. The monoisotopic (exact) mass is 453 g/mol. The number of fused-ring (bicyclic) bond motifs is 1. The van der Waals surface area contributed by atoms with Crippen LogP contribution < -0.4 is 16.6 Å². The van der Waals surface area contributed by atoms with Gasteiger partial charge in [0.15, 0.2) is 0 Å². The number of pyridine rings is 1. The van der Waals surface area contributed by atoms with E-state index in [4.69, 9.17) is 0 Å². The first-order valence-corrected chi connectivity index (χ1v) is 10.9. The second-order valence-electron chi connectivity index (χ2n) is 8.03. The van der Waals surface area contributed by atoms with Crippen LogP contribution >= 0.6 is 0 Å². The zero-order valence-electron chi connectivity index (χ0n) is 18.1. The summed E-state index contributed by atoms with van der Waals surface area (Å²) >= 11 is 0. The van der Waals surface area contributed by atoms with E-state index in [1.165, 1.54) is 35.0 Å². The second kappa shape index (κ2) is 9.35. The fourth-order valence-corrected chi connectivity index (χ4v) is 4.02. The molecule has 1 aliphatic heterocycles. The maximum atomic E-state index is 13.9. The molecule has 0 saturated carbocycles. The number of hydrogen-bond donors (Lipinski definition) is 2. The number of nitrogens with one attached hydrogen (secondary N) is 2. The molecule has 172 valence electrons. The molecule has 0 aliphatic carbocycles. The minimum atomic E-state index is -0.593. The Bertz CT molecular complexity index is 1320. The summed E-state index contributed by atoms with van der Waals surface area (Å²) < 4.78 is 15.3. The zero-order valence-corrected chi connectivity index (χ0v) is 18.1. The molecular weight excluding hydrogens is 429 g/mol. The van der Waals surface area contributed by atoms with E-state index in [9.17, 15) is 23.6 Å². The first kappa shape index (κ1) is 22.4. The van der Waals surface area contributed by atoms with Gasteiger partial charge in [-0.1, -0.05) is 19.1 Å². The van der Waals surface area contributed by atoms with Crippen molar-refractivity contribution in [1.29, 1.82) is 0 Å². The molecule has 33 heavy (non-hydrogen) atoms. The third-order valence-electron chi connectivity index (χ3n) is 5.76. The Labute approximate surface area is 188 Å². The van der Waals surface area contributed by atoms with Crippen LogP contribution in [0.4, 0.5) is 4.39 Å². The van der Waals surface area contributed by atoms with Crippen LogP contribution in [0.25, 0.3) is 11.0 Å². The first-order chi connectivity index (χ1) is 15.9. The molecule has 9 nitrogen and oxygen atoms in total. The van der Waals surface area contributed by atoms with Crippen molar-refractivity contribution in [1.82, 2.24) is 24.8 Å². The highest BCUT2D eigenvalue weighted by molar-refractivity contribution is 5.97. The average molecular weight is 453 g/mol. The quantitative estimate of drug-likeness (QED) is 0.610. The van der Waals surface area contributed by atoms with Gasteiger partial charge in [-0.3, -0.25) is 23.9 Å². The summed E-state index contributed by atoms with van der Waals surface area (Å²) in [4.78, 5) is 57.7. The van der Waals surface area contributed by atoms with Gasteiger partial charge in [-0.25, -0.2) is 14.2 Å². The number of carbonyl (C=O) groups excluding carboxylic acids is 2. The lowest BCUT2D eigenvalue weighted by molar-refractivity contribution is 0.0693. The Morgan fingerprint density at radius 1 is 1.21 bits per heavy atom. The van der Waals surface area contributed by atoms with Crippen LogP contribution in [0, 0.1) is 5.82 Å². The number of rotatable bonds is 5. The molecule has 2 aromatic heterocycles. The SMILES string of the molecule is CCCn1c(=O)[nH]c(=O)c2cc(C(=O)NC3CCN(C(=O)c4ccccc4F)CC3)cnc21. The van der Waals surface area contributed by atoms with Gasteiger partial charge in [0, 0.05) is 31.9 Å². The number of carbonyl (C=O) groups is 2. The number of amides is 2. The number of aryl methyl sites for hydroxylation is 1. The van der Waals surface area contributed by atoms with Crippen molar-refractivity contribution in [2.24, 2.45) is 0 Å². The van der Waals surface area contributed by atoms with Gasteiger partial charge in [0.1, 0.15) is 11.5 Å². The normalized spacial score (nSPS) is 14.4. The Balaban J connectivity index is 1.44. The molecule has 3 heterocycles. The van der Waals surface area contributed by atoms with Crippen molar-refractivity contribution in [2.75, 3.05) is 13.1 Å². The number of H-pyrrole nitrogens is 1. The topological polar surface area (TPSA) is 117 Å². The Kier molecular flexibility index (Phi) is 6.34. The number of aromatic nitrogens is 3. The molecule has 0 atom stereocenters. The molecule has 1 aliphatic rings. The van der Waals surface area contributed by atoms with Crippen LogP contribution in [-0.2, 0) is 6.54 Å². The molecule has 0 spiro atoms. The molecule has 10 heteroatoms. The lowest BCUT2D eigenvalue weighted by atomic mass is 10.0. The predicted molar refractivity (Wildman–Crippen MR) is 120 cm³/mol. The number of hydrogen-bond acceptors (Lipinski definition) is 5. The molecule has 1 aromatic carbocycles. The van der Waals surface area contributed by atoms with Crippen molar-refractivity contribution < 1.29 is 14.0 Å². The van der Waals surface area contributed by atoms with Crippen LogP contribution in [0.2, 0.25) is 0 Å². The third kappa shape index (κ3) is 4.55. The van der Waals surface area contributed by atoms with Gasteiger partial charge in [-0.15, -0.1) is 0 Å². The third-order valence-corrected chi connectivity index (χ3v) is 5.76. The van der Waals surface area contributed by atoms with Gasteiger partial charge in [-0.05, 0) is 37.5 Å². The molecular formula is C23H24FN5O4. The summed E-state index contributed by atoms with van der Waals surface area (Å²) in [5.41, 5.74) is -0.643. The fourth-order valence-electron chi connectivity index (χ4n) is 4.02. The summed E-state index contributed by atoms with van der Waals surface area (Å²) in [6.45, 7) is 3.07. The molecule has 1 fully saturated rings. The summed E-state index contributed by atoms with van der Waals surface area (Å²) in [6.07, 6.45) is 3.07. The van der Waals surface area contributed by atoms with E-state index in [1.54, 1.807) is 11.0 Å². The van der Waals surface area contributed by atoms with Crippen molar-refractivity contribution in [2.45, 2.75) is 38.8 Å². The van der Waals surface area contributed by atoms with E-state index in [-0.39, 0.29) is 34.1 Å². The van der Waals surface area contributed by atoms with E-state index < -0.39 is 23.0 Å². The predicted octanol–water partition coefficient (Wildman–Crippen LogP) is 1.67. The van der Waals surface area contributed by atoms with Crippen molar-refractivity contribution >= 4 is 22.8 Å². The van der Waals surface area contributed by atoms with Crippen molar-refractivity contribution in [3.8, 4) is 0 Å². The molecule has 2 N–H and O–H groups in total. The number of piperidine rings is 1. The van der Waals surface area contributed by atoms with Gasteiger partial charge in [0.05, 0.1) is 16.5 Å². The second-order valence-corrected chi connectivity index (χ2v) is 8.03. The molecule has 2 amide bonds. The highest BCUT2D eigenvalue weighted by Gasteiger charge is 2.26. The van der Waals surface area contributed by atoms with Gasteiger partial charge in [0.2, 0.25) is 0 Å². The molecule has 4 rings (SSSR count). The van der Waals surface area contributed by atoms with Crippen LogP contribution in [0.1, 0.15) is 46.9 Å². The Morgan fingerprint density at radius 3 is 2.64 bits per heavy atom. The van der Waals surface area contributed by atoms with E-state index in [0.717, 1.165) is 0 Å². The van der Waals surface area contributed by atoms with Gasteiger partial charge in [-0.2, -0.15) is 0 Å². The maximum absolute atomic E-state index is 13.9. The number of likely N-dealkylation sites (tertiary alicyclic amines) is 1. The number of aromatic amines is 1. The minimum absolute atomic E-state index is 0.0361. The number of benzene rings is 1. The Morgan fingerprint density at radius 2 is 1.94 bits per heavy atom. The Hall–Kier alpha value is -3.82. The van der Waals surface area contributed by atoms with Gasteiger partial charge >= 0.3 is 5.69 Å². The molecule has 0 bridgehead atoms. The molecule has 0 radical (unpaired) electrons. The smallest absolute Gasteiger partial charge is 0.329 e. The molecule has 0 unspecified atom stereocenters. The van der Waals surface area contributed by atoms with Gasteiger partial charge in [0.25, 0.3) is 17.4 Å². The highest BCUT2D eigenvalue weighted by Crippen LogP contribution is 2.17. The van der Waals surface area contributed by atoms with Crippen LogP contribution in [0.3, 0.4) is 0 Å². The minimum Gasteiger partial charge on any atom is -0.349 e. The van der Waals surface area contributed by atoms with Crippen LogP contribution in [0.15, 0.2) is 46.1 Å². The zero-order chi connectivity index (χ0) is 23.5. The van der Waals surface area contributed by atoms with Crippen LogP contribution in [0.5, 0.6) is 0 Å². The average Bonchev–Trinajstić information content (AvgIpc) is 2.82. The summed E-state index contributed by atoms with van der Waals surface area (Å²) in [5.74, 6) is -1.31. The van der Waals surface area contributed by atoms with Crippen molar-refractivity contribution in [3.05, 3.63) is 74.3 Å².